The summed E-state index contributed by atoms with van der Waals surface area (Å²) in [5, 5.41) is 0. The number of benzene rings is 1. The summed E-state index contributed by atoms with van der Waals surface area (Å²) < 4.78 is 0. The maximum Gasteiger partial charge on any atom is 0.225 e. The van der Waals surface area contributed by atoms with E-state index in [4.69, 9.17) is 5.73 Å². The molecule has 4 atom stereocenters. The highest BCUT2D eigenvalue weighted by atomic mass is 35.5. The summed E-state index contributed by atoms with van der Waals surface area (Å²) in [6.07, 6.45) is 6.32. The Balaban J connectivity index is 0.00000208. The van der Waals surface area contributed by atoms with E-state index in [0.29, 0.717) is 17.7 Å². The van der Waals surface area contributed by atoms with Crippen LogP contribution >= 0.6 is 12.4 Å². The maximum atomic E-state index is 12.9. The van der Waals surface area contributed by atoms with Crippen LogP contribution in [0.2, 0.25) is 0 Å². The van der Waals surface area contributed by atoms with Gasteiger partial charge in [-0.2, -0.15) is 0 Å². The van der Waals surface area contributed by atoms with Crippen molar-refractivity contribution in [3.8, 4) is 0 Å². The third kappa shape index (κ3) is 4.31. The summed E-state index contributed by atoms with van der Waals surface area (Å²) in [6.45, 7) is 4.08. The smallest absolute Gasteiger partial charge is 0.225 e. The second-order valence-electron chi connectivity index (χ2n) is 7.38. The Bertz CT molecular complexity index is 522. The Morgan fingerprint density at radius 2 is 1.96 bits per heavy atom. The predicted octanol–water partition coefficient (Wildman–Crippen LogP) is 3.97. The summed E-state index contributed by atoms with van der Waals surface area (Å²) >= 11 is 0. The number of amides is 1. The van der Waals surface area contributed by atoms with Crippen molar-refractivity contribution < 1.29 is 4.79 Å². The summed E-state index contributed by atoms with van der Waals surface area (Å²) in [5.74, 6) is 1.71. The van der Waals surface area contributed by atoms with Gasteiger partial charge in [-0.1, -0.05) is 50.1 Å². The average Bonchev–Trinajstić information content (AvgIpc) is 2.61. The van der Waals surface area contributed by atoms with E-state index in [-0.39, 0.29) is 24.4 Å². The Morgan fingerprint density at radius 3 is 2.62 bits per heavy atom. The minimum Gasteiger partial charge on any atom is -0.342 e. The molecule has 134 valence electrons. The minimum absolute atomic E-state index is 0. The fourth-order valence-electron chi connectivity index (χ4n) is 4.50. The zero-order valence-corrected chi connectivity index (χ0v) is 15.5. The number of halogens is 1. The molecule has 2 fully saturated rings. The molecule has 1 aromatic carbocycles. The van der Waals surface area contributed by atoms with Crippen LogP contribution in [0.5, 0.6) is 0 Å². The number of carbonyl (C=O) groups excluding carboxylic acids is 1. The number of hydrogen-bond donors (Lipinski definition) is 1. The molecule has 24 heavy (non-hydrogen) atoms. The first kappa shape index (κ1) is 19.3. The molecule has 3 rings (SSSR count). The molecule has 2 N–H and O–H groups in total. The minimum atomic E-state index is 0. The Labute approximate surface area is 152 Å². The number of likely N-dealkylation sites (tertiary alicyclic amines) is 1. The highest BCUT2D eigenvalue weighted by Gasteiger charge is 2.35. The van der Waals surface area contributed by atoms with Crippen LogP contribution in [0.1, 0.15) is 56.9 Å². The van der Waals surface area contributed by atoms with Crippen LogP contribution in [-0.4, -0.2) is 29.9 Å². The number of rotatable bonds is 3. The molecular formula is C20H31ClN2O. The van der Waals surface area contributed by atoms with Gasteiger partial charge >= 0.3 is 0 Å². The Hall–Kier alpha value is -1.06. The standard InChI is InChI=1S/C20H30N2O.ClH/c1-2-15-14-22(20(23)17-9-6-10-18(21)13-17)12-11-19(15)16-7-4-3-5-8-16;/h3-5,7-8,15,17-19H,2,6,9-14,21H2,1H3;1H. The van der Waals surface area contributed by atoms with Crippen LogP contribution in [0.25, 0.3) is 0 Å². The number of hydrogen-bond acceptors (Lipinski definition) is 2. The van der Waals surface area contributed by atoms with Crippen molar-refractivity contribution in [3.05, 3.63) is 35.9 Å². The maximum absolute atomic E-state index is 12.9. The molecule has 1 aliphatic heterocycles. The van der Waals surface area contributed by atoms with Crippen molar-refractivity contribution >= 4 is 18.3 Å². The SMILES string of the molecule is CCC1CN(C(=O)C2CCCC(N)C2)CCC1c1ccccc1.Cl. The lowest BCUT2D eigenvalue weighted by Gasteiger charge is -2.41. The van der Waals surface area contributed by atoms with Gasteiger partial charge < -0.3 is 10.6 Å². The van der Waals surface area contributed by atoms with Gasteiger partial charge in [0.25, 0.3) is 0 Å². The van der Waals surface area contributed by atoms with E-state index in [1.54, 1.807) is 0 Å². The van der Waals surface area contributed by atoms with E-state index in [1.165, 1.54) is 5.56 Å². The normalized spacial score (nSPS) is 30.5. The van der Waals surface area contributed by atoms with E-state index in [9.17, 15) is 4.79 Å². The van der Waals surface area contributed by atoms with Crippen LogP contribution in [0.4, 0.5) is 0 Å². The Morgan fingerprint density at radius 1 is 1.21 bits per heavy atom. The number of nitrogens with zero attached hydrogens (tertiary/aromatic N) is 1. The van der Waals surface area contributed by atoms with E-state index < -0.39 is 0 Å². The van der Waals surface area contributed by atoms with E-state index in [0.717, 1.165) is 51.6 Å². The fourth-order valence-corrected chi connectivity index (χ4v) is 4.50. The summed E-state index contributed by atoms with van der Waals surface area (Å²) in [6, 6.07) is 11.0. The molecule has 0 radical (unpaired) electrons. The first-order valence-electron chi connectivity index (χ1n) is 9.28. The highest BCUT2D eigenvalue weighted by Crippen LogP contribution is 2.36. The lowest BCUT2D eigenvalue weighted by molar-refractivity contribution is -0.139. The van der Waals surface area contributed by atoms with Crippen molar-refractivity contribution in [3.63, 3.8) is 0 Å². The monoisotopic (exact) mass is 350 g/mol. The number of piperidine rings is 1. The van der Waals surface area contributed by atoms with Crippen molar-refractivity contribution in [1.29, 1.82) is 0 Å². The third-order valence-corrected chi connectivity index (χ3v) is 5.86. The van der Waals surface area contributed by atoms with Crippen molar-refractivity contribution in [2.75, 3.05) is 13.1 Å². The molecule has 0 aromatic heterocycles. The van der Waals surface area contributed by atoms with Gasteiger partial charge in [0.05, 0.1) is 0 Å². The second kappa shape index (κ2) is 8.87. The van der Waals surface area contributed by atoms with Gasteiger partial charge in [0.2, 0.25) is 5.91 Å². The molecule has 4 heteroatoms. The molecule has 1 saturated heterocycles. The molecule has 1 heterocycles. The summed E-state index contributed by atoms with van der Waals surface area (Å²) in [4.78, 5) is 15.0. The second-order valence-corrected chi connectivity index (χ2v) is 7.38. The average molecular weight is 351 g/mol. The lowest BCUT2D eigenvalue weighted by Crippen LogP contribution is -2.47. The van der Waals surface area contributed by atoms with Gasteiger partial charge in [-0.25, -0.2) is 0 Å². The molecule has 1 aliphatic carbocycles. The summed E-state index contributed by atoms with van der Waals surface area (Å²) in [5.41, 5.74) is 7.51. The van der Waals surface area contributed by atoms with E-state index in [1.807, 2.05) is 0 Å². The zero-order chi connectivity index (χ0) is 16.2. The third-order valence-electron chi connectivity index (χ3n) is 5.86. The molecule has 0 spiro atoms. The highest BCUT2D eigenvalue weighted by molar-refractivity contribution is 5.85. The predicted molar refractivity (Wildman–Crippen MR) is 101 cm³/mol. The lowest BCUT2D eigenvalue weighted by atomic mass is 9.78. The number of nitrogens with two attached hydrogens (primary N) is 1. The van der Waals surface area contributed by atoms with Crippen molar-refractivity contribution in [1.82, 2.24) is 4.90 Å². The molecule has 3 nitrogen and oxygen atoms in total. The summed E-state index contributed by atoms with van der Waals surface area (Å²) in [7, 11) is 0. The van der Waals surface area contributed by atoms with Gasteiger partial charge in [-0.05, 0) is 43.1 Å². The topological polar surface area (TPSA) is 46.3 Å². The van der Waals surface area contributed by atoms with Crippen LogP contribution in [0.15, 0.2) is 30.3 Å². The molecule has 2 aliphatic rings. The van der Waals surface area contributed by atoms with Crippen LogP contribution in [0.3, 0.4) is 0 Å². The van der Waals surface area contributed by atoms with Gasteiger partial charge in [0.1, 0.15) is 0 Å². The van der Waals surface area contributed by atoms with Gasteiger partial charge in [0, 0.05) is 25.0 Å². The van der Waals surface area contributed by atoms with Crippen LogP contribution in [0, 0.1) is 11.8 Å². The van der Waals surface area contributed by atoms with Gasteiger partial charge in [0.15, 0.2) is 0 Å². The molecule has 1 amide bonds. The number of carbonyl (C=O) groups is 1. The van der Waals surface area contributed by atoms with Crippen molar-refractivity contribution in [2.45, 2.75) is 57.4 Å². The zero-order valence-electron chi connectivity index (χ0n) is 14.7. The fraction of sp³-hybridized carbons (Fsp3) is 0.650. The largest absolute Gasteiger partial charge is 0.342 e. The van der Waals surface area contributed by atoms with Gasteiger partial charge in [-0.3, -0.25) is 4.79 Å². The molecule has 1 aromatic rings. The molecular weight excluding hydrogens is 320 g/mol. The quantitative estimate of drug-likeness (QED) is 0.896. The first-order chi connectivity index (χ1) is 11.2. The van der Waals surface area contributed by atoms with E-state index >= 15 is 0 Å². The molecule has 0 bridgehead atoms. The molecule has 1 saturated carbocycles. The first-order valence-corrected chi connectivity index (χ1v) is 9.28. The molecule has 4 unspecified atom stereocenters. The van der Waals surface area contributed by atoms with Crippen LogP contribution < -0.4 is 5.73 Å². The van der Waals surface area contributed by atoms with Crippen molar-refractivity contribution in [2.24, 2.45) is 17.6 Å². The van der Waals surface area contributed by atoms with Crippen LogP contribution in [-0.2, 0) is 4.79 Å². The van der Waals surface area contributed by atoms with E-state index in [2.05, 4.69) is 42.2 Å². The van der Waals surface area contributed by atoms with Gasteiger partial charge in [-0.15, -0.1) is 12.4 Å². The Kier molecular flexibility index (Phi) is 7.12.